The zero-order chi connectivity index (χ0) is 13.0. The summed E-state index contributed by atoms with van der Waals surface area (Å²) in [4.78, 5) is 0. The van der Waals surface area contributed by atoms with Crippen LogP contribution < -0.4 is 27.6 Å². The average molecular weight is 230 g/mol. The predicted molar refractivity (Wildman–Crippen MR) is 90.8 cm³/mol. The van der Waals surface area contributed by atoms with Crippen LogP contribution in [0.3, 0.4) is 0 Å². The number of benzene rings is 2. The van der Waals surface area contributed by atoms with Crippen LogP contribution in [0, 0.1) is 0 Å². The Balaban J connectivity index is 2.59. The molecule has 0 unspecified atom stereocenters. The summed E-state index contributed by atoms with van der Waals surface area (Å²) in [5, 5.41) is 2.27. The maximum atomic E-state index is 6.11. The number of nitrogen functional groups attached to an aromatic ring is 1. The first kappa shape index (κ1) is 11.4. The zero-order valence-corrected chi connectivity index (χ0v) is 11.2. The second-order valence-electron chi connectivity index (χ2n) is 5.10. The monoisotopic (exact) mass is 231 g/mol. The molecule has 0 aliphatic rings. The Hall–Kier alpha value is -1.70. The molecule has 2 nitrogen and oxygen atoms in total. The van der Waals surface area contributed by atoms with Crippen molar-refractivity contribution < 1.29 is 4.42 Å². The van der Waals surface area contributed by atoms with Crippen LogP contribution in [0.4, 0.5) is 5.69 Å². The number of hydrogen-bond acceptors (Lipinski definition) is 2. The van der Waals surface area contributed by atoms with Crippen molar-refractivity contribution in [2.45, 2.75) is 0 Å². The third-order valence-electron chi connectivity index (χ3n) is 4.01. The highest BCUT2D eigenvalue weighted by Gasteiger charge is 2.14. The third kappa shape index (κ3) is 1.35. The summed E-state index contributed by atoms with van der Waals surface area (Å²) in [5.74, 6) is 0. The second kappa shape index (κ2) is 3.64. The molecule has 6 heteroatoms. The van der Waals surface area contributed by atoms with E-state index in [-0.39, 0.29) is 0 Å². The van der Waals surface area contributed by atoms with Gasteiger partial charge >= 0.3 is 0 Å². The summed E-state index contributed by atoms with van der Waals surface area (Å²) in [7, 11) is 8.38. The molecular weight excluding hydrogens is 217 g/mol. The predicted octanol–water partition coefficient (Wildman–Crippen LogP) is -3.80. The van der Waals surface area contributed by atoms with Gasteiger partial charge in [0.1, 0.15) is 37.0 Å². The van der Waals surface area contributed by atoms with Gasteiger partial charge in [0.05, 0.1) is 5.69 Å². The summed E-state index contributed by atoms with van der Waals surface area (Å²) in [6, 6.07) is 6.34. The van der Waals surface area contributed by atoms with E-state index in [1.807, 2.05) is 7.85 Å². The summed E-state index contributed by atoms with van der Waals surface area (Å²) >= 11 is 0. The molecule has 18 heavy (non-hydrogen) atoms. The lowest BCUT2D eigenvalue weighted by atomic mass is 9.71. The minimum absolute atomic E-state index is 0.749. The minimum Gasteiger partial charge on any atom is -0.455 e. The van der Waals surface area contributed by atoms with Crippen LogP contribution in [0.2, 0.25) is 0 Å². The Morgan fingerprint density at radius 2 is 1.56 bits per heavy atom. The highest BCUT2D eigenvalue weighted by atomic mass is 16.3. The molecule has 0 saturated heterocycles. The van der Waals surface area contributed by atoms with E-state index in [0.717, 1.165) is 33.1 Å². The van der Waals surface area contributed by atoms with Gasteiger partial charge in [0, 0.05) is 10.8 Å². The number of fused-ring (bicyclic) bond motifs is 3. The van der Waals surface area contributed by atoms with E-state index in [0.29, 0.717) is 0 Å². The molecule has 2 aromatic carbocycles. The van der Waals surface area contributed by atoms with Gasteiger partial charge in [0.15, 0.2) is 5.58 Å². The molecule has 1 aromatic heterocycles. The van der Waals surface area contributed by atoms with E-state index >= 15 is 0 Å². The zero-order valence-electron chi connectivity index (χ0n) is 11.2. The van der Waals surface area contributed by atoms with Gasteiger partial charge in [0.2, 0.25) is 0 Å². The van der Waals surface area contributed by atoms with Gasteiger partial charge in [-0.1, -0.05) is 40.1 Å². The van der Waals surface area contributed by atoms with Gasteiger partial charge < -0.3 is 10.2 Å². The number of nitrogens with two attached hydrogens (primary N) is 1. The van der Waals surface area contributed by atoms with E-state index in [4.69, 9.17) is 10.2 Å². The molecule has 0 radical (unpaired) electrons. The van der Waals surface area contributed by atoms with E-state index in [2.05, 4.69) is 41.7 Å². The van der Waals surface area contributed by atoms with E-state index in [1.54, 1.807) is 0 Å². The largest absolute Gasteiger partial charge is 0.455 e. The van der Waals surface area contributed by atoms with Crippen LogP contribution in [0.15, 0.2) is 22.6 Å². The van der Waals surface area contributed by atoms with Gasteiger partial charge in [-0.05, 0) is 0 Å². The van der Waals surface area contributed by atoms with Crippen LogP contribution in [-0.4, -0.2) is 31.4 Å². The molecule has 0 bridgehead atoms. The van der Waals surface area contributed by atoms with Crippen molar-refractivity contribution in [1.29, 1.82) is 0 Å². The molecule has 1 heterocycles. The van der Waals surface area contributed by atoms with Crippen molar-refractivity contribution in [3.63, 3.8) is 0 Å². The molecule has 84 valence electrons. The van der Waals surface area contributed by atoms with E-state index in [9.17, 15) is 0 Å². The Labute approximate surface area is 110 Å². The average Bonchev–Trinajstić information content (AvgIpc) is 2.71. The number of anilines is 1. The Morgan fingerprint density at radius 1 is 0.833 bits per heavy atom. The lowest BCUT2D eigenvalue weighted by Gasteiger charge is -2.05. The number of furan rings is 1. The molecule has 0 saturated carbocycles. The van der Waals surface area contributed by atoms with Crippen molar-refractivity contribution >= 4 is 80.9 Å². The van der Waals surface area contributed by atoms with Gasteiger partial charge in [-0.3, -0.25) is 0 Å². The van der Waals surface area contributed by atoms with Crippen LogP contribution in [0.25, 0.3) is 21.9 Å². The third-order valence-corrected chi connectivity index (χ3v) is 4.01. The summed E-state index contributed by atoms with van der Waals surface area (Å²) in [5.41, 5.74) is 13.5. The maximum Gasteiger partial charge on any atom is 0.157 e. The van der Waals surface area contributed by atoms with Crippen molar-refractivity contribution in [1.82, 2.24) is 0 Å². The number of hydrogen-bond donors (Lipinski definition) is 1. The Kier molecular flexibility index (Phi) is 2.31. The van der Waals surface area contributed by atoms with Crippen LogP contribution in [0.5, 0.6) is 0 Å². The fraction of sp³-hybridized carbons (Fsp3) is 0. The molecule has 0 fully saturated rings. The number of rotatable bonds is 0. The van der Waals surface area contributed by atoms with Crippen molar-refractivity contribution in [2.24, 2.45) is 0 Å². The van der Waals surface area contributed by atoms with Crippen molar-refractivity contribution in [3.05, 3.63) is 18.2 Å². The highest BCUT2D eigenvalue weighted by molar-refractivity contribution is 6.60. The molecule has 3 rings (SSSR count). The Bertz CT molecular complexity index is 794. The van der Waals surface area contributed by atoms with E-state index in [1.165, 1.54) is 16.4 Å². The lowest BCUT2D eigenvalue weighted by Crippen LogP contribution is -2.38. The lowest BCUT2D eigenvalue weighted by molar-refractivity contribution is 0.673. The van der Waals surface area contributed by atoms with E-state index < -0.39 is 0 Å². The fourth-order valence-corrected chi connectivity index (χ4v) is 2.51. The first-order valence-corrected chi connectivity index (χ1v) is 6.18. The standard InChI is InChI=1S/C12H13B4NO/c13-6-2-1-4-5-3-7(14)8(15)9(16)11(5)18-12(4)10(6)17/h1-3H,13-17H2. The summed E-state index contributed by atoms with van der Waals surface area (Å²) < 4.78 is 6.01. The normalized spacial score (nSPS) is 11.3. The molecule has 2 N–H and O–H groups in total. The van der Waals surface area contributed by atoms with Crippen LogP contribution >= 0.6 is 0 Å². The SMILES string of the molecule is Bc1cc2c(oc3c(N)c(B)ccc32)c(B)c1B. The molecule has 0 amide bonds. The van der Waals surface area contributed by atoms with Gasteiger partial charge in [-0.25, -0.2) is 0 Å². The molecule has 0 atom stereocenters. The van der Waals surface area contributed by atoms with Gasteiger partial charge in [0.25, 0.3) is 0 Å². The molecule has 0 aliphatic carbocycles. The first-order valence-electron chi connectivity index (χ1n) is 6.18. The molecular formula is C12H13B4NO. The van der Waals surface area contributed by atoms with Crippen molar-refractivity contribution in [3.8, 4) is 0 Å². The summed E-state index contributed by atoms with van der Waals surface area (Å²) in [6.45, 7) is 0. The summed E-state index contributed by atoms with van der Waals surface area (Å²) in [6.07, 6.45) is 0. The van der Waals surface area contributed by atoms with Crippen molar-refractivity contribution in [2.75, 3.05) is 5.73 Å². The molecule has 3 aromatic rings. The quantitative estimate of drug-likeness (QED) is 0.318. The first-order chi connectivity index (χ1) is 8.50. The second-order valence-corrected chi connectivity index (χ2v) is 5.10. The fourth-order valence-electron chi connectivity index (χ4n) is 2.51. The van der Waals surface area contributed by atoms with Crippen LogP contribution in [0.1, 0.15) is 0 Å². The Morgan fingerprint density at radius 3 is 2.28 bits per heavy atom. The topological polar surface area (TPSA) is 39.2 Å². The molecule has 0 spiro atoms. The van der Waals surface area contributed by atoms with Gasteiger partial charge in [-0.2, -0.15) is 0 Å². The maximum absolute atomic E-state index is 6.11. The van der Waals surface area contributed by atoms with Gasteiger partial charge in [-0.15, -0.1) is 0 Å². The molecule has 0 aliphatic heterocycles. The highest BCUT2D eigenvalue weighted by Crippen LogP contribution is 2.29. The smallest absolute Gasteiger partial charge is 0.157 e. The van der Waals surface area contributed by atoms with Crippen LogP contribution in [-0.2, 0) is 0 Å². The minimum atomic E-state index is 0.749.